The number of alkyl carbamates (subject to hydrolysis) is 1. The number of fused-ring (bicyclic) bond motifs is 1. The summed E-state index contributed by atoms with van der Waals surface area (Å²) in [4.78, 5) is 27.0. The fourth-order valence-corrected chi connectivity index (χ4v) is 5.35. The van der Waals surface area contributed by atoms with Gasteiger partial charge in [-0.15, -0.1) is 10.2 Å². The predicted molar refractivity (Wildman–Crippen MR) is 127 cm³/mol. The molecule has 0 spiro atoms. The van der Waals surface area contributed by atoms with E-state index in [1.165, 1.54) is 11.0 Å². The van der Waals surface area contributed by atoms with Crippen LogP contribution in [0.3, 0.4) is 0 Å². The van der Waals surface area contributed by atoms with Crippen molar-refractivity contribution in [2.45, 2.75) is 50.8 Å². The quantitative estimate of drug-likeness (QED) is 0.538. The van der Waals surface area contributed by atoms with Gasteiger partial charge in [0.1, 0.15) is 17.5 Å². The minimum Gasteiger partial charge on any atom is -0.444 e. The van der Waals surface area contributed by atoms with E-state index in [2.05, 4.69) is 25.9 Å². The largest absolute Gasteiger partial charge is 0.444 e. The second kappa shape index (κ2) is 9.30. The number of H-pyrrole nitrogens is 1. The first kappa shape index (κ1) is 25.2. The molecule has 1 atom stereocenters. The Morgan fingerprint density at radius 2 is 1.94 bits per heavy atom. The smallest absolute Gasteiger partial charge is 0.408 e. The van der Waals surface area contributed by atoms with Gasteiger partial charge in [-0.1, -0.05) is 29.8 Å². The van der Waals surface area contributed by atoms with E-state index < -0.39 is 45.1 Å². The van der Waals surface area contributed by atoms with Gasteiger partial charge in [-0.05, 0) is 50.6 Å². The van der Waals surface area contributed by atoms with Gasteiger partial charge < -0.3 is 15.0 Å². The molecule has 0 aliphatic carbocycles. The lowest BCUT2D eigenvalue weighted by molar-refractivity contribution is -0.120. The van der Waals surface area contributed by atoms with E-state index >= 15 is 4.39 Å². The van der Waals surface area contributed by atoms with Crippen LogP contribution in [0.25, 0.3) is 11.4 Å². The number of anilines is 1. The SMILES string of the molecule is Cc1ccc(CN2C(=O)[C@@H](NC(=O)OC(C)(C)C)CS(=O)(=O)c3cc(F)c(-c4nn[nH]n4)cc32)cc1. The number of aryl methyl sites for hydroxylation is 1. The van der Waals surface area contributed by atoms with E-state index in [4.69, 9.17) is 4.74 Å². The number of nitrogens with zero attached hydrogens (tertiary/aromatic N) is 4. The third kappa shape index (κ3) is 5.35. The van der Waals surface area contributed by atoms with E-state index in [0.29, 0.717) is 5.56 Å². The molecule has 11 nitrogen and oxygen atoms in total. The zero-order valence-electron chi connectivity index (χ0n) is 20.1. The number of tetrazole rings is 1. The highest BCUT2D eigenvalue weighted by molar-refractivity contribution is 7.91. The minimum atomic E-state index is -4.23. The van der Waals surface area contributed by atoms with Crippen molar-refractivity contribution in [2.75, 3.05) is 10.7 Å². The number of benzene rings is 2. The summed E-state index contributed by atoms with van der Waals surface area (Å²) in [6.07, 6.45) is -0.948. The zero-order chi connectivity index (χ0) is 26.3. The maximum Gasteiger partial charge on any atom is 0.408 e. The van der Waals surface area contributed by atoms with Crippen LogP contribution in [0.2, 0.25) is 0 Å². The summed E-state index contributed by atoms with van der Waals surface area (Å²) in [5, 5.41) is 15.5. The Kier molecular flexibility index (Phi) is 6.52. The molecule has 1 aromatic heterocycles. The first-order chi connectivity index (χ1) is 16.8. The van der Waals surface area contributed by atoms with Crippen LogP contribution in [0.5, 0.6) is 0 Å². The summed E-state index contributed by atoms with van der Waals surface area (Å²) >= 11 is 0. The highest BCUT2D eigenvalue weighted by Crippen LogP contribution is 2.36. The summed E-state index contributed by atoms with van der Waals surface area (Å²) in [7, 11) is -4.23. The van der Waals surface area contributed by atoms with Crippen molar-refractivity contribution in [1.82, 2.24) is 25.9 Å². The van der Waals surface area contributed by atoms with Crippen molar-refractivity contribution in [1.29, 1.82) is 0 Å². The zero-order valence-corrected chi connectivity index (χ0v) is 20.9. The number of carbonyl (C=O) groups is 2. The van der Waals surface area contributed by atoms with E-state index in [0.717, 1.165) is 11.6 Å². The molecule has 4 rings (SSSR count). The highest BCUT2D eigenvalue weighted by atomic mass is 32.2. The number of aromatic nitrogens is 4. The number of rotatable bonds is 4. The average molecular weight is 517 g/mol. The monoisotopic (exact) mass is 516 g/mol. The molecule has 1 aliphatic rings. The van der Waals surface area contributed by atoms with Crippen molar-refractivity contribution in [3.63, 3.8) is 0 Å². The van der Waals surface area contributed by atoms with E-state index in [1.807, 2.05) is 19.1 Å². The molecule has 2 N–H and O–H groups in total. The van der Waals surface area contributed by atoms with Gasteiger partial charge in [0.15, 0.2) is 9.84 Å². The van der Waals surface area contributed by atoms with Gasteiger partial charge in [-0.2, -0.15) is 5.21 Å². The molecule has 0 radical (unpaired) electrons. The van der Waals surface area contributed by atoms with Crippen LogP contribution in [0.4, 0.5) is 14.9 Å². The average Bonchev–Trinajstić information content (AvgIpc) is 3.29. The molecule has 190 valence electrons. The number of aromatic amines is 1. The van der Waals surface area contributed by atoms with Crippen LogP contribution in [-0.4, -0.2) is 58.4 Å². The first-order valence-corrected chi connectivity index (χ1v) is 12.7. The molecule has 0 unspecified atom stereocenters. The van der Waals surface area contributed by atoms with Gasteiger partial charge in [-0.25, -0.2) is 17.6 Å². The van der Waals surface area contributed by atoms with Crippen LogP contribution in [0.1, 0.15) is 31.9 Å². The molecule has 2 heterocycles. The summed E-state index contributed by atoms with van der Waals surface area (Å²) in [5.41, 5.74) is 0.618. The van der Waals surface area contributed by atoms with E-state index in [1.54, 1.807) is 32.9 Å². The Balaban J connectivity index is 1.83. The summed E-state index contributed by atoms with van der Waals surface area (Å²) < 4.78 is 46.9. The van der Waals surface area contributed by atoms with Gasteiger partial charge >= 0.3 is 6.09 Å². The number of halogens is 1. The maximum atomic E-state index is 15.0. The summed E-state index contributed by atoms with van der Waals surface area (Å²) in [6.45, 7) is 6.79. The Morgan fingerprint density at radius 1 is 1.25 bits per heavy atom. The first-order valence-electron chi connectivity index (χ1n) is 11.0. The second-order valence-corrected chi connectivity index (χ2v) is 11.4. The number of sulfone groups is 1. The topological polar surface area (TPSA) is 147 Å². The third-order valence-corrected chi connectivity index (χ3v) is 7.13. The van der Waals surface area contributed by atoms with Gasteiger partial charge in [0.2, 0.25) is 5.82 Å². The van der Waals surface area contributed by atoms with Crippen LogP contribution in [0, 0.1) is 12.7 Å². The second-order valence-electron chi connectivity index (χ2n) is 9.43. The lowest BCUT2D eigenvalue weighted by atomic mass is 10.1. The Hall–Kier alpha value is -3.87. The van der Waals surface area contributed by atoms with Crippen LogP contribution < -0.4 is 10.2 Å². The normalized spacial score (nSPS) is 17.3. The molecule has 0 fully saturated rings. The van der Waals surface area contributed by atoms with Crippen molar-refractivity contribution in [3.05, 3.63) is 53.3 Å². The molecule has 13 heteroatoms. The van der Waals surface area contributed by atoms with Crippen molar-refractivity contribution < 1.29 is 27.1 Å². The number of amides is 2. The summed E-state index contributed by atoms with van der Waals surface area (Å²) in [5.74, 6) is -2.48. The predicted octanol–water partition coefficient (Wildman–Crippen LogP) is 2.53. The molecular weight excluding hydrogens is 491 g/mol. The Labute approximate surface area is 206 Å². The standard InChI is InChI=1S/C23H25FN6O5S/c1-13-5-7-14(8-6-13)11-30-18-9-15(20-26-28-29-27-20)16(24)10-19(18)36(33,34)12-17(21(30)31)25-22(32)35-23(2,3)4/h5-10,17H,11-12H2,1-4H3,(H,25,32)(H,26,27,28,29)/t17-/m0/s1. The summed E-state index contributed by atoms with van der Waals surface area (Å²) in [6, 6.07) is 7.85. The van der Waals surface area contributed by atoms with Gasteiger partial charge in [0, 0.05) is 0 Å². The van der Waals surface area contributed by atoms with Crippen molar-refractivity contribution in [2.24, 2.45) is 0 Å². The van der Waals surface area contributed by atoms with Gasteiger partial charge in [0.05, 0.1) is 28.4 Å². The van der Waals surface area contributed by atoms with Crippen molar-refractivity contribution in [3.8, 4) is 11.4 Å². The minimum absolute atomic E-state index is 0.0363. The molecule has 36 heavy (non-hydrogen) atoms. The third-order valence-electron chi connectivity index (χ3n) is 5.36. The van der Waals surface area contributed by atoms with E-state index in [-0.39, 0.29) is 28.5 Å². The molecule has 1 aliphatic heterocycles. The van der Waals surface area contributed by atoms with Crippen molar-refractivity contribution >= 4 is 27.5 Å². The molecular formula is C23H25FN6O5S. The Bertz CT molecular complexity index is 1400. The molecule has 0 saturated carbocycles. The highest BCUT2D eigenvalue weighted by Gasteiger charge is 2.40. The van der Waals surface area contributed by atoms with Crippen LogP contribution in [-0.2, 0) is 25.9 Å². The van der Waals surface area contributed by atoms with E-state index in [9.17, 15) is 18.0 Å². The number of hydrogen-bond donors (Lipinski definition) is 2. The Morgan fingerprint density at radius 3 is 2.56 bits per heavy atom. The fourth-order valence-electron chi connectivity index (χ4n) is 3.73. The number of carbonyl (C=O) groups excluding carboxylic acids is 2. The maximum absolute atomic E-state index is 15.0. The molecule has 2 amide bonds. The molecule has 2 aromatic carbocycles. The lowest BCUT2D eigenvalue weighted by Gasteiger charge is -2.27. The van der Waals surface area contributed by atoms with Crippen LogP contribution >= 0.6 is 0 Å². The van der Waals surface area contributed by atoms with Crippen LogP contribution in [0.15, 0.2) is 41.3 Å². The number of ether oxygens (including phenoxy) is 1. The molecule has 0 saturated heterocycles. The lowest BCUT2D eigenvalue weighted by Crippen LogP contribution is -2.51. The van der Waals surface area contributed by atoms with Gasteiger partial charge in [0.25, 0.3) is 5.91 Å². The number of nitrogens with one attached hydrogen (secondary N) is 2. The van der Waals surface area contributed by atoms with Gasteiger partial charge in [-0.3, -0.25) is 4.79 Å². The molecule has 0 bridgehead atoms. The molecule has 3 aromatic rings. The fraction of sp³-hybridized carbons (Fsp3) is 0.348. The number of hydrogen-bond acceptors (Lipinski definition) is 8.